The Hall–Kier alpha value is -0.0800. The average Bonchev–Trinajstić information content (AvgIpc) is 2.34. The second-order valence-electron chi connectivity index (χ2n) is 5.87. The van der Waals surface area contributed by atoms with Gasteiger partial charge in [-0.05, 0) is 57.5 Å². The molecule has 17 heavy (non-hydrogen) atoms. The molecule has 2 heteroatoms. The van der Waals surface area contributed by atoms with Crippen molar-refractivity contribution in [2.75, 3.05) is 26.2 Å². The number of rotatable bonds is 7. The second-order valence-corrected chi connectivity index (χ2v) is 5.87. The summed E-state index contributed by atoms with van der Waals surface area (Å²) in [5.41, 5.74) is 0. The molecule has 0 aromatic rings. The minimum Gasteiger partial charge on any atom is -0.378 e. The maximum atomic E-state index is 5.71. The lowest BCUT2D eigenvalue weighted by molar-refractivity contribution is 0.0530. The summed E-state index contributed by atoms with van der Waals surface area (Å²) in [6, 6.07) is 0. The van der Waals surface area contributed by atoms with Crippen LogP contribution in [0.3, 0.4) is 0 Å². The highest BCUT2D eigenvalue weighted by Crippen LogP contribution is 2.24. The molecule has 0 radical (unpaired) electrons. The lowest BCUT2D eigenvalue weighted by atomic mass is 9.87. The molecule has 2 nitrogen and oxygen atoms in total. The normalized spacial score (nSPS) is 21.0. The van der Waals surface area contributed by atoms with Crippen LogP contribution in [0.4, 0.5) is 0 Å². The number of hydrogen-bond acceptors (Lipinski definition) is 2. The summed E-state index contributed by atoms with van der Waals surface area (Å²) in [6.45, 7) is 13.8. The number of hydrogen-bond donors (Lipinski definition) is 0. The van der Waals surface area contributed by atoms with Gasteiger partial charge in [0.25, 0.3) is 0 Å². The lowest BCUT2D eigenvalue weighted by Crippen LogP contribution is -2.36. The summed E-state index contributed by atoms with van der Waals surface area (Å²) in [7, 11) is 0. The van der Waals surface area contributed by atoms with Crippen LogP contribution >= 0.6 is 0 Å². The standard InChI is InChI=1S/C15H31NO/c1-5-14(4)17-12-6-9-16-10-7-15(8-11-16)13(2)3/h13-15H,5-12H2,1-4H3. The van der Waals surface area contributed by atoms with E-state index in [2.05, 4.69) is 32.6 Å². The third-order valence-corrected chi connectivity index (χ3v) is 4.17. The van der Waals surface area contributed by atoms with Crippen molar-refractivity contribution in [3.8, 4) is 0 Å². The molecule has 1 saturated heterocycles. The number of ether oxygens (including phenoxy) is 1. The fraction of sp³-hybridized carbons (Fsp3) is 1.00. The molecule has 0 bridgehead atoms. The Morgan fingerprint density at radius 3 is 2.35 bits per heavy atom. The van der Waals surface area contributed by atoms with Gasteiger partial charge in [-0.2, -0.15) is 0 Å². The van der Waals surface area contributed by atoms with E-state index < -0.39 is 0 Å². The maximum Gasteiger partial charge on any atom is 0.0544 e. The molecule has 0 amide bonds. The van der Waals surface area contributed by atoms with Crippen LogP contribution in [-0.2, 0) is 4.74 Å². The molecule has 1 fully saturated rings. The third-order valence-electron chi connectivity index (χ3n) is 4.17. The van der Waals surface area contributed by atoms with E-state index in [0.717, 1.165) is 24.9 Å². The van der Waals surface area contributed by atoms with Crippen LogP contribution in [0.5, 0.6) is 0 Å². The van der Waals surface area contributed by atoms with E-state index in [1.807, 2.05) is 0 Å². The van der Waals surface area contributed by atoms with Gasteiger partial charge in [-0.25, -0.2) is 0 Å². The van der Waals surface area contributed by atoms with Crippen LogP contribution in [0.1, 0.15) is 53.4 Å². The topological polar surface area (TPSA) is 12.5 Å². The molecule has 0 aromatic heterocycles. The van der Waals surface area contributed by atoms with Crippen LogP contribution < -0.4 is 0 Å². The quantitative estimate of drug-likeness (QED) is 0.632. The molecule has 1 aliphatic rings. The van der Waals surface area contributed by atoms with E-state index in [4.69, 9.17) is 4.74 Å². The summed E-state index contributed by atoms with van der Waals surface area (Å²) in [5.74, 6) is 1.83. The molecule has 0 aliphatic carbocycles. The van der Waals surface area contributed by atoms with Gasteiger partial charge in [0.2, 0.25) is 0 Å². The Labute approximate surface area is 108 Å². The average molecular weight is 241 g/mol. The van der Waals surface area contributed by atoms with Gasteiger partial charge in [0.15, 0.2) is 0 Å². The van der Waals surface area contributed by atoms with Crippen LogP contribution in [0, 0.1) is 11.8 Å². The molecule has 0 saturated carbocycles. The fourth-order valence-electron chi connectivity index (χ4n) is 2.53. The SMILES string of the molecule is CCC(C)OCCCN1CCC(C(C)C)CC1. The molecule has 1 unspecified atom stereocenters. The summed E-state index contributed by atoms with van der Waals surface area (Å²) >= 11 is 0. The van der Waals surface area contributed by atoms with Gasteiger partial charge in [0, 0.05) is 13.2 Å². The van der Waals surface area contributed by atoms with Gasteiger partial charge in [-0.1, -0.05) is 20.8 Å². The van der Waals surface area contributed by atoms with Crippen molar-refractivity contribution >= 4 is 0 Å². The zero-order chi connectivity index (χ0) is 12.7. The Morgan fingerprint density at radius 2 is 1.82 bits per heavy atom. The van der Waals surface area contributed by atoms with E-state index >= 15 is 0 Å². The summed E-state index contributed by atoms with van der Waals surface area (Å²) in [4.78, 5) is 2.61. The highest BCUT2D eigenvalue weighted by molar-refractivity contribution is 4.74. The number of nitrogens with zero attached hydrogens (tertiary/aromatic N) is 1. The van der Waals surface area contributed by atoms with Crippen LogP contribution in [0.2, 0.25) is 0 Å². The third kappa shape index (κ3) is 5.87. The van der Waals surface area contributed by atoms with Gasteiger partial charge >= 0.3 is 0 Å². The highest BCUT2D eigenvalue weighted by atomic mass is 16.5. The molecule has 1 aliphatic heterocycles. The van der Waals surface area contributed by atoms with Crippen LogP contribution in [0.25, 0.3) is 0 Å². The van der Waals surface area contributed by atoms with E-state index in [-0.39, 0.29) is 0 Å². The van der Waals surface area contributed by atoms with E-state index in [1.54, 1.807) is 0 Å². The Balaban J connectivity index is 2.02. The van der Waals surface area contributed by atoms with Crippen molar-refractivity contribution in [1.82, 2.24) is 4.90 Å². The van der Waals surface area contributed by atoms with Crippen LogP contribution in [-0.4, -0.2) is 37.2 Å². The Kier molecular flexibility index (Phi) is 7.14. The first-order valence-electron chi connectivity index (χ1n) is 7.47. The van der Waals surface area contributed by atoms with Crippen LogP contribution in [0.15, 0.2) is 0 Å². The predicted molar refractivity (Wildman–Crippen MR) is 74.3 cm³/mol. The van der Waals surface area contributed by atoms with Crippen molar-refractivity contribution in [2.24, 2.45) is 11.8 Å². The minimum atomic E-state index is 0.432. The smallest absolute Gasteiger partial charge is 0.0544 e. The molecule has 102 valence electrons. The van der Waals surface area contributed by atoms with E-state index in [1.165, 1.54) is 38.9 Å². The van der Waals surface area contributed by atoms with E-state index in [9.17, 15) is 0 Å². The zero-order valence-corrected chi connectivity index (χ0v) is 12.2. The van der Waals surface area contributed by atoms with Crippen molar-refractivity contribution in [1.29, 1.82) is 0 Å². The Bertz CT molecular complexity index is 185. The largest absolute Gasteiger partial charge is 0.378 e. The van der Waals surface area contributed by atoms with E-state index in [0.29, 0.717) is 6.10 Å². The van der Waals surface area contributed by atoms with Crippen molar-refractivity contribution in [3.63, 3.8) is 0 Å². The molecule has 0 aromatic carbocycles. The molecule has 0 N–H and O–H groups in total. The molecule has 1 heterocycles. The molecule has 0 spiro atoms. The zero-order valence-electron chi connectivity index (χ0n) is 12.2. The lowest BCUT2D eigenvalue weighted by Gasteiger charge is -2.33. The first-order chi connectivity index (χ1) is 8.13. The summed E-state index contributed by atoms with van der Waals surface area (Å²) in [5, 5.41) is 0. The van der Waals surface area contributed by atoms with Gasteiger partial charge in [-0.3, -0.25) is 0 Å². The molecule has 1 atom stereocenters. The molecule has 1 rings (SSSR count). The fourth-order valence-corrected chi connectivity index (χ4v) is 2.53. The highest BCUT2D eigenvalue weighted by Gasteiger charge is 2.20. The van der Waals surface area contributed by atoms with Crippen molar-refractivity contribution < 1.29 is 4.74 Å². The maximum absolute atomic E-state index is 5.71. The van der Waals surface area contributed by atoms with Crippen molar-refractivity contribution in [2.45, 2.75) is 59.5 Å². The van der Waals surface area contributed by atoms with Gasteiger partial charge in [-0.15, -0.1) is 0 Å². The first kappa shape index (κ1) is 15.0. The summed E-state index contributed by atoms with van der Waals surface area (Å²) in [6.07, 6.45) is 5.53. The number of likely N-dealkylation sites (tertiary alicyclic amines) is 1. The monoisotopic (exact) mass is 241 g/mol. The molecular weight excluding hydrogens is 210 g/mol. The first-order valence-corrected chi connectivity index (χ1v) is 7.47. The second kappa shape index (κ2) is 8.10. The van der Waals surface area contributed by atoms with Gasteiger partial charge in [0.05, 0.1) is 6.10 Å². The Morgan fingerprint density at radius 1 is 1.18 bits per heavy atom. The van der Waals surface area contributed by atoms with Gasteiger partial charge in [0.1, 0.15) is 0 Å². The minimum absolute atomic E-state index is 0.432. The van der Waals surface area contributed by atoms with Crippen molar-refractivity contribution in [3.05, 3.63) is 0 Å². The molecular formula is C15H31NO. The number of piperidine rings is 1. The summed E-state index contributed by atoms with van der Waals surface area (Å²) < 4.78 is 5.71. The van der Waals surface area contributed by atoms with Gasteiger partial charge < -0.3 is 9.64 Å². The predicted octanol–water partition coefficient (Wildman–Crippen LogP) is 3.56.